The molecule has 1 amide bonds. The van der Waals surface area contributed by atoms with Crippen molar-refractivity contribution in [2.24, 2.45) is 16.7 Å². The van der Waals surface area contributed by atoms with Crippen LogP contribution >= 0.6 is 0 Å². The molecule has 3 aromatic rings. The highest BCUT2D eigenvalue weighted by Crippen LogP contribution is 2.65. The summed E-state index contributed by atoms with van der Waals surface area (Å²) in [4.78, 5) is 89.4. The van der Waals surface area contributed by atoms with Crippen molar-refractivity contribution in [1.82, 2.24) is 5.32 Å². The zero-order valence-electron chi connectivity index (χ0n) is 49.5. The molecule has 80 heavy (non-hydrogen) atoms. The van der Waals surface area contributed by atoms with E-state index in [9.17, 15) is 19.5 Å². The Hall–Kier alpha value is -5.51. The van der Waals surface area contributed by atoms with Gasteiger partial charge in [0.1, 0.15) is 29.7 Å². The van der Waals surface area contributed by atoms with Crippen molar-refractivity contribution in [3.05, 3.63) is 113 Å². The second-order valence-electron chi connectivity index (χ2n) is 24.6. The summed E-state index contributed by atoms with van der Waals surface area (Å²) >= 11 is 0. The van der Waals surface area contributed by atoms with Crippen molar-refractivity contribution in [1.29, 1.82) is 0 Å². The average molecular weight is 1140 g/mol. The lowest BCUT2D eigenvalue weighted by Crippen LogP contribution is -2.82. The topological polar surface area (TPSA) is 209 Å². The number of esters is 4. The minimum absolute atomic E-state index is 0.0645. The lowest BCUT2D eigenvalue weighted by atomic mass is 9.44. The lowest BCUT2D eigenvalue weighted by Gasteiger charge is -2.68. The number of aliphatic hydroxyl groups is 1. The summed E-state index contributed by atoms with van der Waals surface area (Å²) in [7, 11) is -5.64. The molecule has 18 heteroatoms. The fourth-order valence-corrected chi connectivity index (χ4v) is 16.8. The molecule has 11 atom stereocenters. The first-order valence-electron chi connectivity index (χ1n) is 28.4. The van der Waals surface area contributed by atoms with Gasteiger partial charge in [-0.05, 0) is 104 Å². The van der Waals surface area contributed by atoms with E-state index in [4.69, 9.17) is 37.3 Å². The summed E-state index contributed by atoms with van der Waals surface area (Å²) in [5.74, 6) is -5.51. The third-order valence-electron chi connectivity index (χ3n) is 18.5. The Labute approximate surface area is 474 Å². The van der Waals surface area contributed by atoms with Crippen LogP contribution in [0.2, 0.25) is 36.3 Å². The zero-order chi connectivity index (χ0) is 59.0. The molecule has 0 unspecified atom stereocenters. The van der Waals surface area contributed by atoms with Crippen LogP contribution in [0.3, 0.4) is 0 Å². The number of carbonyl (C=O) groups excluding carboxylic acids is 6. The van der Waals surface area contributed by atoms with Gasteiger partial charge in [0.2, 0.25) is 0 Å². The molecule has 0 spiro atoms. The molecule has 4 aliphatic rings. The van der Waals surface area contributed by atoms with E-state index < -0.39 is 134 Å². The Balaban J connectivity index is 1.50. The van der Waals surface area contributed by atoms with E-state index in [-0.39, 0.29) is 24.2 Å². The standard InChI is InChI=1S/C62H85NO15Si2/c1-16-33-71-44-32-26-31-43(34-44)56(68)75-54-52-60(13,46(77-80(17-2,18-3)19-4)35-47-61(52,37-72-47)76-40(7)65)53(66)50(73-39(6)64)48-38(5)45(36-62(54,70)59(48,11)12)74-57(69)51(78-79(14,15)58(8,9)10)49(41-27-22-20-23-28-41)63-55(67)42-29-24-21-25-30-42/h20-32,34,45-47,49-52,54,70H,16-19,33,35-37H2,1-15H3,(H,63,67)/t45-,46-,47+,49-,50+,51+,52-,54-,60+,61-,62+/m0/s1. The molecular formula is C62H85NO15Si2. The molecule has 436 valence electrons. The molecule has 2 saturated carbocycles. The van der Waals surface area contributed by atoms with Crippen molar-refractivity contribution in [2.45, 2.75) is 199 Å². The molecular weight excluding hydrogens is 1050 g/mol. The van der Waals surface area contributed by atoms with Gasteiger partial charge in [-0.15, -0.1) is 0 Å². The van der Waals surface area contributed by atoms with Crippen molar-refractivity contribution >= 4 is 52.2 Å². The van der Waals surface area contributed by atoms with Crippen molar-refractivity contribution in [2.75, 3.05) is 13.2 Å². The van der Waals surface area contributed by atoms with Crippen LogP contribution in [0.15, 0.2) is 96.1 Å². The van der Waals surface area contributed by atoms with Gasteiger partial charge in [-0.1, -0.05) is 117 Å². The molecule has 1 saturated heterocycles. The fraction of sp³-hybridized carbons (Fsp3) is 0.581. The SMILES string of the molecule is CCCOc1cccc(C(=O)O[C@H]2[C@@H]3[C@]4(OC(C)=O)CO[C@@H]4C[C@H](O[Si](CC)(CC)CC)[C@@]3(C)C(=O)[C@H](OC(C)=O)C3=C(C)[C@@H](OC(=O)[C@H](O[Si](C)(C)C(C)(C)C)[C@@H](NC(=O)c4ccccc4)c4ccccc4)C[C@]2(O)C3(C)C)c1. The van der Waals surface area contributed by atoms with Crippen LogP contribution in [0.1, 0.15) is 142 Å². The maximum absolute atomic E-state index is 16.7. The third kappa shape index (κ3) is 11.5. The lowest BCUT2D eigenvalue weighted by molar-refractivity contribution is -0.344. The molecule has 16 nitrogen and oxygen atoms in total. The number of rotatable bonds is 20. The summed E-state index contributed by atoms with van der Waals surface area (Å²) in [6.07, 6.45) is -8.05. The van der Waals surface area contributed by atoms with Crippen LogP contribution in [0.25, 0.3) is 0 Å². The zero-order valence-corrected chi connectivity index (χ0v) is 51.5. The molecule has 3 fully saturated rings. The van der Waals surface area contributed by atoms with E-state index in [1.165, 1.54) is 19.9 Å². The number of nitrogens with one attached hydrogen (secondary N) is 1. The second kappa shape index (κ2) is 23.8. The highest BCUT2D eigenvalue weighted by molar-refractivity contribution is 6.74. The number of ether oxygens (including phenoxy) is 6. The minimum Gasteiger partial charge on any atom is -0.494 e. The Morgan fingerprint density at radius 1 is 0.825 bits per heavy atom. The number of fused-ring (bicyclic) bond motifs is 5. The van der Waals surface area contributed by atoms with Gasteiger partial charge in [0.15, 0.2) is 40.2 Å². The number of benzene rings is 3. The number of hydrogen-bond acceptors (Lipinski definition) is 15. The average Bonchev–Trinajstić information content (AvgIpc) is 3.50. The smallest absolute Gasteiger partial charge is 0.338 e. The monoisotopic (exact) mass is 1140 g/mol. The Bertz CT molecular complexity index is 2800. The van der Waals surface area contributed by atoms with Crippen LogP contribution in [-0.2, 0) is 51.7 Å². The van der Waals surface area contributed by atoms with Gasteiger partial charge in [-0.2, -0.15) is 0 Å². The van der Waals surface area contributed by atoms with Crippen molar-refractivity contribution < 1.29 is 71.1 Å². The van der Waals surface area contributed by atoms with E-state index in [0.29, 0.717) is 53.6 Å². The highest BCUT2D eigenvalue weighted by Gasteiger charge is 2.79. The van der Waals surface area contributed by atoms with Crippen LogP contribution in [-0.4, -0.2) is 118 Å². The Morgan fingerprint density at radius 2 is 1.44 bits per heavy atom. The molecule has 1 heterocycles. The van der Waals surface area contributed by atoms with Crippen molar-refractivity contribution in [3.63, 3.8) is 0 Å². The minimum atomic E-state index is -2.96. The molecule has 0 radical (unpaired) electrons. The first kappa shape index (κ1) is 62.1. The third-order valence-corrected chi connectivity index (χ3v) is 27.6. The van der Waals surface area contributed by atoms with E-state index >= 15 is 14.4 Å². The van der Waals surface area contributed by atoms with E-state index in [0.717, 1.165) is 0 Å². The van der Waals surface area contributed by atoms with E-state index in [1.54, 1.807) is 100 Å². The van der Waals surface area contributed by atoms with Crippen LogP contribution in [0, 0.1) is 16.7 Å². The molecule has 1 aliphatic heterocycles. The maximum atomic E-state index is 16.7. The number of carbonyl (C=O) groups is 6. The van der Waals surface area contributed by atoms with Gasteiger partial charge in [-0.3, -0.25) is 19.2 Å². The second-order valence-corrected chi connectivity index (χ2v) is 34.0. The first-order valence-corrected chi connectivity index (χ1v) is 33.8. The van der Waals surface area contributed by atoms with Gasteiger partial charge >= 0.3 is 23.9 Å². The summed E-state index contributed by atoms with van der Waals surface area (Å²) in [6.45, 7) is 27.4. The molecule has 2 bridgehead atoms. The van der Waals surface area contributed by atoms with Gasteiger partial charge in [-0.25, -0.2) is 9.59 Å². The molecule has 3 aromatic carbocycles. The predicted molar refractivity (Wildman–Crippen MR) is 306 cm³/mol. The molecule has 2 N–H and O–H groups in total. The Kier molecular flexibility index (Phi) is 18.4. The number of amides is 1. The van der Waals surface area contributed by atoms with Crippen LogP contribution in [0.5, 0.6) is 5.75 Å². The van der Waals surface area contributed by atoms with E-state index in [1.807, 2.05) is 46.9 Å². The first-order chi connectivity index (χ1) is 37.5. The van der Waals surface area contributed by atoms with Gasteiger partial charge in [0.25, 0.3) is 5.91 Å². The quantitative estimate of drug-likeness (QED) is 0.0467. The fourth-order valence-electron chi connectivity index (χ4n) is 12.6. The van der Waals surface area contributed by atoms with Gasteiger partial charge in [0, 0.05) is 37.7 Å². The molecule has 0 aromatic heterocycles. The largest absolute Gasteiger partial charge is 0.494 e. The number of ketones is 1. The Morgan fingerprint density at radius 3 is 1.99 bits per heavy atom. The summed E-state index contributed by atoms with van der Waals surface area (Å²) in [5, 5.41) is 17.2. The normalized spacial score (nSPS) is 28.0. The maximum Gasteiger partial charge on any atom is 0.338 e. The summed E-state index contributed by atoms with van der Waals surface area (Å²) in [6, 6.07) is 24.9. The van der Waals surface area contributed by atoms with Gasteiger partial charge in [0.05, 0.1) is 42.3 Å². The number of Topliss-reactive ketones (excluding diaryl/α,β-unsaturated/α-hetero) is 1. The molecule has 3 aliphatic carbocycles. The van der Waals surface area contributed by atoms with Gasteiger partial charge < -0.3 is 47.7 Å². The summed E-state index contributed by atoms with van der Waals surface area (Å²) in [5.41, 5.74) is -6.25. The van der Waals surface area contributed by atoms with Crippen molar-refractivity contribution in [3.8, 4) is 5.75 Å². The number of hydrogen-bond donors (Lipinski definition) is 2. The van der Waals surface area contributed by atoms with Crippen LogP contribution in [0.4, 0.5) is 0 Å². The van der Waals surface area contributed by atoms with E-state index in [2.05, 4.69) is 26.1 Å². The van der Waals surface area contributed by atoms with Crippen LogP contribution < -0.4 is 10.1 Å². The highest BCUT2D eigenvalue weighted by atomic mass is 28.4. The summed E-state index contributed by atoms with van der Waals surface area (Å²) < 4.78 is 53.3. The molecule has 7 rings (SSSR count). The predicted octanol–water partition coefficient (Wildman–Crippen LogP) is 10.6.